The summed E-state index contributed by atoms with van der Waals surface area (Å²) in [4.78, 5) is 14.1. The predicted molar refractivity (Wildman–Crippen MR) is 134 cm³/mol. The number of carbonyl (C=O) groups is 1. The first-order chi connectivity index (χ1) is 15.2. The molecule has 0 N–H and O–H groups in total. The fourth-order valence-electron chi connectivity index (χ4n) is 3.35. The van der Waals surface area contributed by atoms with Gasteiger partial charge in [0.05, 0.1) is 6.61 Å². The lowest BCUT2D eigenvalue weighted by atomic mass is 10.1. The standard InChI is InChI=1S/C27H24O2S2/c1-2-27(28)29-17-20(18-30-25-13-11-21-7-3-5-9-23(21)15-25)19-31-26-14-12-22-8-4-6-10-24(22)16-26/h2-16,20H,1,17-19H2. The first-order valence-corrected chi connectivity index (χ1v) is 12.2. The van der Waals surface area contributed by atoms with E-state index in [9.17, 15) is 4.79 Å². The van der Waals surface area contributed by atoms with Crippen LogP contribution < -0.4 is 0 Å². The van der Waals surface area contributed by atoms with Crippen molar-refractivity contribution in [2.75, 3.05) is 18.1 Å². The Bertz CT molecular complexity index is 1120. The van der Waals surface area contributed by atoms with E-state index in [1.54, 1.807) is 0 Å². The van der Waals surface area contributed by atoms with Gasteiger partial charge in [-0.1, -0.05) is 67.2 Å². The minimum absolute atomic E-state index is 0.233. The molecule has 0 saturated heterocycles. The molecule has 156 valence electrons. The largest absolute Gasteiger partial charge is 0.462 e. The summed E-state index contributed by atoms with van der Waals surface area (Å²) in [6.07, 6.45) is 1.23. The summed E-state index contributed by atoms with van der Waals surface area (Å²) < 4.78 is 5.39. The summed E-state index contributed by atoms with van der Waals surface area (Å²) in [6.45, 7) is 3.89. The lowest BCUT2D eigenvalue weighted by Crippen LogP contribution is -2.17. The molecule has 31 heavy (non-hydrogen) atoms. The zero-order valence-corrected chi connectivity index (χ0v) is 18.8. The van der Waals surface area contributed by atoms with Gasteiger partial charge >= 0.3 is 5.97 Å². The Morgan fingerprint density at radius 2 is 1.26 bits per heavy atom. The highest BCUT2D eigenvalue weighted by atomic mass is 32.2. The molecule has 0 aliphatic rings. The second kappa shape index (κ2) is 10.6. The molecule has 4 aromatic rings. The molecule has 0 heterocycles. The number of ether oxygens (including phenoxy) is 1. The number of rotatable bonds is 9. The number of thioether (sulfide) groups is 2. The van der Waals surface area contributed by atoms with Crippen LogP contribution in [-0.2, 0) is 9.53 Å². The molecular weight excluding hydrogens is 420 g/mol. The van der Waals surface area contributed by atoms with Crippen molar-refractivity contribution < 1.29 is 9.53 Å². The zero-order valence-electron chi connectivity index (χ0n) is 17.2. The molecule has 0 bridgehead atoms. The SMILES string of the molecule is C=CC(=O)OCC(CSc1ccc2ccccc2c1)CSc1ccc2ccccc2c1. The average molecular weight is 445 g/mol. The van der Waals surface area contributed by atoms with Crippen LogP contribution in [0.25, 0.3) is 21.5 Å². The van der Waals surface area contributed by atoms with Crippen molar-refractivity contribution in [2.45, 2.75) is 9.79 Å². The van der Waals surface area contributed by atoms with E-state index >= 15 is 0 Å². The van der Waals surface area contributed by atoms with Crippen molar-refractivity contribution in [1.82, 2.24) is 0 Å². The molecule has 0 unspecified atom stereocenters. The van der Waals surface area contributed by atoms with E-state index in [1.165, 1.54) is 37.4 Å². The van der Waals surface area contributed by atoms with Crippen molar-refractivity contribution in [1.29, 1.82) is 0 Å². The number of carbonyl (C=O) groups excluding carboxylic acids is 1. The van der Waals surface area contributed by atoms with Crippen molar-refractivity contribution in [2.24, 2.45) is 5.92 Å². The normalized spacial score (nSPS) is 11.1. The van der Waals surface area contributed by atoms with Crippen LogP contribution in [0.15, 0.2) is 107 Å². The van der Waals surface area contributed by atoms with Crippen molar-refractivity contribution in [3.63, 3.8) is 0 Å². The average Bonchev–Trinajstić information content (AvgIpc) is 2.83. The van der Waals surface area contributed by atoms with Gasteiger partial charge in [-0.3, -0.25) is 0 Å². The van der Waals surface area contributed by atoms with E-state index in [0.717, 1.165) is 11.5 Å². The van der Waals surface area contributed by atoms with E-state index in [4.69, 9.17) is 4.74 Å². The van der Waals surface area contributed by atoms with Gasteiger partial charge in [0.25, 0.3) is 0 Å². The molecule has 2 nitrogen and oxygen atoms in total. The molecule has 0 spiro atoms. The molecule has 4 heteroatoms. The second-order valence-corrected chi connectivity index (χ2v) is 9.53. The van der Waals surface area contributed by atoms with Crippen LogP contribution in [0.5, 0.6) is 0 Å². The van der Waals surface area contributed by atoms with E-state index in [2.05, 4.69) is 91.5 Å². The Morgan fingerprint density at radius 3 is 1.74 bits per heavy atom. The fraction of sp³-hybridized carbons (Fsp3) is 0.148. The van der Waals surface area contributed by atoms with Crippen LogP contribution in [-0.4, -0.2) is 24.1 Å². The Kier molecular flexibility index (Phi) is 7.34. The third-order valence-electron chi connectivity index (χ3n) is 5.04. The first-order valence-electron chi connectivity index (χ1n) is 10.2. The van der Waals surface area contributed by atoms with E-state index in [0.29, 0.717) is 6.61 Å². The number of hydrogen-bond donors (Lipinski definition) is 0. The lowest BCUT2D eigenvalue weighted by Gasteiger charge is -2.16. The maximum Gasteiger partial charge on any atom is 0.330 e. The first kappa shape index (κ1) is 21.5. The smallest absolute Gasteiger partial charge is 0.330 e. The van der Waals surface area contributed by atoms with Gasteiger partial charge in [0.1, 0.15) is 0 Å². The van der Waals surface area contributed by atoms with Crippen molar-refractivity contribution >= 4 is 51.0 Å². The summed E-state index contributed by atoms with van der Waals surface area (Å²) in [5.74, 6) is 1.63. The van der Waals surface area contributed by atoms with E-state index in [1.807, 2.05) is 23.5 Å². The van der Waals surface area contributed by atoms with Crippen LogP contribution in [0.1, 0.15) is 0 Å². The van der Waals surface area contributed by atoms with Crippen LogP contribution in [0.2, 0.25) is 0 Å². The Morgan fingerprint density at radius 1 is 0.774 bits per heavy atom. The molecule has 0 fully saturated rings. The highest BCUT2D eigenvalue weighted by Gasteiger charge is 2.13. The molecule has 4 aromatic carbocycles. The minimum Gasteiger partial charge on any atom is -0.462 e. The third-order valence-corrected chi connectivity index (χ3v) is 7.49. The Balaban J connectivity index is 1.42. The van der Waals surface area contributed by atoms with E-state index in [-0.39, 0.29) is 11.9 Å². The molecule has 0 aromatic heterocycles. The molecule has 0 aliphatic heterocycles. The Labute approximate surface area is 191 Å². The molecule has 0 saturated carbocycles. The summed E-state index contributed by atoms with van der Waals surface area (Å²) in [6, 6.07) is 29.9. The van der Waals surface area contributed by atoms with Crippen LogP contribution in [0.3, 0.4) is 0 Å². The molecule has 0 atom stereocenters. The summed E-state index contributed by atoms with van der Waals surface area (Å²) >= 11 is 3.62. The fourth-order valence-corrected chi connectivity index (χ4v) is 5.53. The third kappa shape index (κ3) is 5.93. The molecular formula is C27H24O2S2. The van der Waals surface area contributed by atoms with Gasteiger partial charge in [0, 0.05) is 33.3 Å². The van der Waals surface area contributed by atoms with Crippen molar-refractivity contribution in [3.05, 3.63) is 97.6 Å². The quantitative estimate of drug-likeness (QED) is 0.155. The topological polar surface area (TPSA) is 26.3 Å². The highest BCUT2D eigenvalue weighted by molar-refractivity contribution is 8.00. The van der Waals surface area contributed by atoms with Gasteiger partial charge in [0.15, 0.2) is 0 Å². The lowest BCUT2D eigenvalue weighted by molar-refractivity contribution is -0.138. The maximum atomic E-state index is 11.6. The molecule has 0 aliphatic carbocycles. The van der Waals surface area contributed by atoms with Gasteiger partial charge in [-0.25, -0.2) is 4.79 Å². The minimum atomic E-state index is -0.364. The second-order valence-electron chi connectivity index (χ2n) is 7.34. The van der Waals surface area contributed by atoms with Gasteiger partial charge in [-0.2, -0.15) is 0 Å². The summed E-state index contributed by atoms with van der Waals surface area (Å²) in [5.41, 5.74) is 0. The van der Waals surface area contributed by atoms with Gasteiger partial charge in [-0.15, -0.1) is 23.5 Å². The van der Waals surface area contributed by atoms with Crippen LogP contribution in [0.4, 0.5) is 0 Å². The zero-order chi connectivity index (χ0) is 21.5. The number of hydrogen-bond acceptors (Lipinski definition) is 4. The van der Waals surface area contributed by atoms with Gasteiger partial charge in [-0.05, 0) is 45.8 Å². The number of fused-ring (bicyclic) bond motifs is 2. The Hall–Kier alpha value is -2.69. The maximum absolute atomic E-state index is 11.6. The number of benzene rings is 4. The molecule has 4 rings (SSSR count). The molecule has 0 amide bonds. The van der Waals surface area contributed by atoms with Crippen LogP contribution in [0, 0.1) is 5.92 Å². The van der Waals surface area contributed by atoms with Gasteiger partial charge < -0.3 is 4.74 Å². The van der Waals surface area contributed by atoms with Gasteiger partial charge in [0.2, 0.25) is 0 Å². The predicted octanol–water partition coefficient (Wildman–Crippen LogP) is 7.22. The van der Waals surface area contributed by atoms with E-state index < -0.39 is 0 Å². The number of esters is 1. The van der Waals surface area contributed by atoms with Crippen LogP contribution >= 0.6 is 23.5 Å². The summed E-state index contributed by atoms with van der Waals surface area (Å²) in [5, 5.41) is 4.98. The highest BCUT2D eigenvalue weighted by Crippen LogP contribution is 2.29. The summed E-state index contributed by atoms with van der Waals surface area (Å²) in [7, 11) is 0. The molecule has 0 radical (unpaired) electrons. The monoisotopic (exact) mass is 444 g/mol. The van der Waals surface area contributed by atoms with Crippen molar-refractivity contribution in [3.8, 4) is 0 Å².